The molecule has 1 aliphatic rings. The maximum atomic E-state index is 12.3. The second-order valence-corrected chi connectivity index (χ2v) is 5.81. The number of rotatable bonds is 2. The Bertz CT molecular complexity index is 608. The number of likely N-dealkylation sites (tertiary alicyclic amines) is 1. The quantitative estimate of drug-likeness (QED) is 0.425. The van der Waals surface area contributed by atoms with Gasteiger partial charge in [-0.25, -0.2) is 0 Å². The Morgan fingerprint density at radius 2 is 1.79 bits per heavy atom. The highest BCUT2D eigenvalue weighted by Gasteiger charge is 2.31. The molecule has 1 fully saturated rings. The van der Waals surface area contributed by atoms with E-state index in [0.717, 1.165) is 32.0 Å². The van der Waals surface area contributed by atoms with Crippen molar-refractivity contribution in [2.45, 2.75) is 19.2 Å². The number of benzene rings is 1. The van der Waals surface area contributed by atoms with E-state index in [1.807, 2.05) is 0 Å². The lowest BCUT2D eigenvalue weighted by Gasteiger charge is -2.20. The number of anilines is 1. The van der Waals surface area contributed by atoms with Crippen LogP contribution in [-0.2, 0) is 0 Å². The number of hydrogen-bond acceptors (Lipinski definition) is 3. The van der Waals surface area contributed by atoms with Crippen LogP contribution < -0.4 is 15.4 Å². The largest absolute Gasteiger partial charge is 0.573 e. The van der Waals surface area contributed by atoms with Gasteiger partial charge in [0, 0.05) is 29.3 Å². The van der Waals surface area contributed by atoms with Gasteiger partial charge in [-0.05, 0) is 25.0 Å². The van der Waals surface area contributed by atoms with Gasteiger partial charge in [0.1, 0.15) is 5.75 Å². The maximum Gasteiger partial charge on any atom is 0.573 e. The minimum atomic E-state index is -4.79. The molecular weight excluding hydrogens is 415 g/mol. The Kier molecular flexibility index (Phi) is 7.15. The van der Waals surface area contributed by atoms with Crippen LogP contribution in [0.3, 0.4) is 0 Å². The minimum absolute atomic E-state index is 0. The average Bonchev–Trinajstić information content (AvgIpc) is 2.88. The molecule has 6 nitrogen and oxygen atoms in total. The van der Waals surface area contributed by atoms with Crippen LogP contribution in [0.4, 0.5) is 18.9 Å². The van der Waals surface area contributed by atoms with E-state index >= 15 is 0 Å². The summed E-state index contributed by atoms with van der Waals surface area (Å²) in [4.78, 5) is 1.79. The second kappa shape index (κ2) is 8.43. The molecule has 0 aromatic heterocycles. The molecule has 0 saturated carbocycles. The molecule has 0 unspecified atom stereocenters. The molecule has 0 bridgehead atoms. The highest BCUT2D eigenvalue weighted by atomic mass is 79.9. The lowest BCUT2D eigenvalue weighted by Crippen LogP contribution is -2.44. The molecule has 0 spiro atoms. The lowest BCUT2D eigenvalue weighted by atomic mass is 10.3. The van der Waals surface area contributed by atoms with E-state index < -0.39 is 12.1 Å². The molecule has 0 aliphatic carbocycles. The smallest absolute Gasteiger partial charge is 0.406 e. The molecule has 0 atom stereocenters. The van der Waals surface area contributed by atoms with Crippen LogP contribution >= 0.6 is 28.3 Å². The summed E-state index contributed by atoms with van der Waals surface area (Å²) in [7, 11) is 0. The zero-order valence-corrected chi connectivity index (χ0v) is 14.7. The maximum absolute atomic E-state index is 12.3. The van der Waals surface area contributed by atoms with Crippen LogP contribution in [0.15, 0.2) is 22.7 Å². The molecule has 1 aliphatic heterocycles. The Labute approximate surface area is 151 Å². The van der Waals surface area contributed by atoms with E-state index in [1.54, 1.807) is 4.90 Å². The molecule has 0 radical (unpaired) electrons. The number of nitrogens with zero attached hydrogens (tertiary/aromatic N) is 1. The van der Waals surface area contributed by atoms with E-state index in [4.69, 9.17) is 10.8 Å². The molecule has 24 heavy (non-hydrogen) atoms. The van der Waals surface area contributed by atoms with Gasteiger partial charge in [0.2, 0.25) is 0 Å². The van der Waals surface area contributed by atoms with Gasteiger partial charge in [0.05, 0.1) is 0 Å². The zero-order chi connectivity index (χ0) is 17.0. The fourth-order valence-electron chi connectivity index (χ4n) is 2.14. The highest BCUT2D eigenvalue weighted by Crippen LogP contribution is 2.29. The number of nitrogens with one attached hydrogen (secondary N) is 4. The predicted molar refractivity (Wildman–Crippen MR) is 91.1 cm³/mol. The molecule has 1 heterocycles. The van der Waals surface area contributed by atoms with Gasteiger partial charge in [0.15, 0.2) is 11.9 Å². The molecule has 1 saturated heterocycles. The Balaban J connectivity index is 0.00000288. The van der Waals surface area contributed by atoms with Gasteiger partial charge < -0.3 is 15.0 Å². The topological polar surface area (TPSA) is 84.2 Å². The Morgan fingerprint density at radius 1 is 1.17 bits per heavy atom. The van der Waals surface area contributed by atoms with Crippen LogP contribution in [0.25, 0.3) is 0 Å². The molecule has 0 amide bonds. The van der Waals surface area contributed by atoms with Crippen molar-refractivity contribution < 1.29 is 17.9 Å². The minimum Gasteiger partial charge on any atom is -0.406 e. The number of hydrogen-bond donors (Lipinski definition) is 4. The summed E-state index contributed by atoms with van der Waals surface area (Å²) in [5.41, 5.74) is 0.227. The third kappa shape index (κ3) is 6.44. The van der Waals surface area contributed by atoms with E-state index in [-0.39, 0.29) is 30.0 Å². The van der Waals surface area contributed by atoms with Crippen LogP contribution in [0, 0.1) is 10.8 Å². The summed E-state index contributed by atoms with van der Waals surface area (Å²) < 4.78 is 41.0. The lowest BCUT2D eigenvalue weighted by molar-refractivity contribution is -0.274. The average molecular weight is 431 g/mol. The van der Waals surface area contributed by atoms with Crippen molar-refractivity contribution in [3.8, 4) is 5.75 Å². The van der Waals surface area contributed by atoms with Crippen molar-refractivity contribution in [2.75, 3.05) is 18.4 Å². The predicted octanol–water partition coefficient (Wildman–Crippen LogP) is 3.74. The third-order valence-corrected chi connectivity index (χ3v) is 3.50. The number of halogens is 5. The van der Waals surface area contributed by atoms with Gasteiger partial charge in [-0.15, -0.1) is 25.6 Å². The Hall–Kier alpha value is -1.68. The van der Waals surface area contributed by atoms with E-state index in [2.05, 4.69) is 31.3 Å². The molecular formula is C13H16BrClF3N5O. The van der Waals surface area contributed by atoms with Crippen molar-refractivity contribution in [1.82, 2.24) is 10.2 Å². The summed E-state index contributed by atoms with van der Waals surface area (Å²) in [6.45, 7) is 1.50. The van der Waals surface area contributed by atoms with Crippen molar-refractivity contribution in [3.05, 3.63) is 22.7 Å². The Morgan fingerprint density at radius 3 is 2.38 bits per heavy atom. The monoisotopic (exact) mass is 429 g/mol. The van der Waals surface area contributed by atoms with E-state index in [9.17, 15) is 13.2 Å². The van der Waals surface area contributed by atoms with Gasteiger partial charge in [-0.1, -0.05) is 15.9 Å². The summed E-state index contributed by atoms with van der Waals surface area (Å²) in [6.07, 6.45) is -2.80. The highest BCUT2D eigenvalue weighted by molar-refractivity contribution is 9.10. The summed E-state index contributed by atoms with van der Waals surface area (Å²) >= 11 is 3.09. The first-order valence-corrected chi connectivity index (χ1v) is 7.55. The van der Waals surface area contributed by atoms with Crippen molar-refractivity contribution in [3.63, 3.8) is 0 Å². The second-order valence-electron chi connectivity index (χ2n) is 4.89. The normalized spacial score (nSPS) is 13.9. The van der Waals surface area contributed by atoms with Gasteiger partial charge in [-0.3, -0.25) is 16.1 Å². The number of guanidine groups is 2. The van der Waals surface area contributed by atoms with Crippen molar-refractivity contribution in [2.24, 2.45) is 0 Å². The first-order valence-electron chi connectivity index (χ1n) is 6.75. The molecule has 1 aromatic rings. The molecule has 1 aromatic carbocycles. The van der Waals surface area contributed by atoms with Crippen LogP contribution in [0.2, 0.25) is 0 Å². The van der Waals surface area contributed by atoms with E-state index in [1.165, 1.54) is 12.1 Å². The molecule has 134 valence electrons. The fraction of sp³-hybridized carbons (Fsp3) is 0.385. The SMILES string of the molecule is Cl.N=C(NC(=N)N1CCCC1)Nc1cc(Br)cc(OC(F)(F)F)c1. The molecule has 11 heteroatoms. The number of ether oxygens (including phenoxy) is 1. The third-order valence-electron chi connectivity index (χ3n) is 3.04. The van der Waals surface area contributed by atoms with Crippen molar-refractivity contribution in [1.29, 1.82) is 10.8 Å². The van der Waals surface area contributed by atoms with Crippen LogP contribution in [0.1, 0.15) is 12.8 Å². The molecule has 2 rings (SSSR count). The van der Waals surface area contributed by atoms with Gasteiger partial charge >= 0.3 is 6.36 Å². The van der Waals surface area contributed by atoms with E-state index in [0.29, 0.717) is 4.47 Å². The zero-order valence-electron chi connectivity index (χ0n) is 12.3. The number of alkyl halides is 3. The molecule has 4 N–H and O–H groups in total. The first kappa shape index (κ1) is 20.4. The standard InChI is InChI=1S/C13H15BrF3N5O.ClH/c14-8-5-9(7-10(6-8)23-13(15,16)17)20-11(18)21-12(19)22-3-1-2-4-22;/h5-7H,1-4H2,(H4,18,19,20,21);1H. The van der Waals surface area contributed by atoms with Gasteiger partial charge in [0.25, 0.3) is 0 Å². The van der Waals surface area contributed by atoms with Crippen LogP contribution in [-0.4, -0.2) is 36.3 Å². The van der Waals surface area contributed by atoms with Crippen molar-refractivity contribution >= 4 is 45.9 Å². The van der Waals surface area contributed by atoms with Crippen LogP contribution in [0.5, 0.6) is 5.75 Å². The fourth-order valence-corrected chi connectivity index (χ4v) is 2.61. The van der Waals surface area contributed by atoms with Gasteiger partial charge in [-0.2, -0.15) is 0 Å². The summed E-state index contributed by atoms with van der Waals surface area (Å²) in [6, 6.07) is 3.79. The summed E-state index contributed by atoms with van der Waals surface area (Å²) in [5, 5.41) is 20.8. The first-order chi connectivity index (χ1) is 10.7. The summed E-state index contributed by atoms with van der Waals surface area (Å²) in [5.74, 6) is -0.531.